The highest BCUT2D eigenvalue weighted by Crippen LogP contribution is 2.37. The number of pyridine rings is 2. The fourth-order valence-electron chi connectivity index (χ4n) is 4.25. The van der Waals surface area contributed by atoms with Crippen LogP contribution < -0.4 is 0 Å². The van der Waals surface area contributed by atoms with Gasteiger partial charge in [-0.25, -0.2) is 9.97 Å². The molecular weight excluding hydrogens is 324 g/mol. The first-order valence-corrected chi connectivity index (χ1v) is 8.95. The highest BCUT2D eigenvalue weighted by molar-refractivity contribution is 6.07. The molecule has 6 rings (SSSR count). The Labute approximate surface area is 148 Å². The number of aromatic nitrogens is 6. The summed E-state index contributed by atoms with van der Waals surface area (Å²) in [4.78, 5) is 9.58. The van der Waals surface area contributed by atoms with Crippen LogP contribution in [0, 0.1) is 0 Å². The van der Waals surface area contributed by atoms with E-state index in [-0.39, 0.29) is 0 Å². The van der Waals surface area contributed by atoms with Gasteiger partial charge in [0.05, 0.1) is 29.1 Å². The average molecular weight is 340 g/mol. The lowest BCUT2D eigenvalue weighted by Gasteiger charge is -2.21. The number of aromatic amines is 2. The minimum absolute atomic E-state index is 0.809. The van der Waals surface area contributed by atoms with Crippen LogP contribution in [0.1, 0.15) is 24.0 Å². The van der Waals surface area contributed by atoms with Crippen LogP contribution in [0.3, 0.4) is 0 Å². The molecule has 0 bridgehead atoms. The zero-order chi connectivity index (χ0) is 17.1. The number of H-pyrrole nitrogens is 2. The zero-order valence-electron chi connectivity index (χ0n) is 14.1. The van der Waals surface area contributed by atoms with Gasteiger partial charge in [0.2, 0.25) is 0 Å². The maximum atomic E-state index is 5.07. The third-order valence-corrected chi connectivity index (χ3v) is 5.45. The van der Waals surface area contributed by atoms with Crippen LogP contribution in [0.5, 0.6) is 0 Å². The summed E-state index contributed by atoms with van der Waals surface area (Å²) in [5, 5.41) is 17.8. The summed E-state index contributed by atoms with van der Waals surface area (Å²) in [5.74, 6) is 0. The van der Waals surface area contributed by atoms with Crippen molar-refractivity contribution < 1.29 is 0 Å². The molecule has 6 nitrogen and oxygen atoms in total. The lowest BCUT2D eigenvalue weighted by molar-refractivity contribution is 0.689. The SMILES string of the molecule is c1nc2[nH]ncc2cc1-c1nc2ccc3[nH]ncc3c2c2c1CCCC2. The van der Waals surface area contributed by atoms with E-state index in [0.29, 0.717) is 0 Å². The third-order valence-electron chi connectivity index (χ3n) is 5.45. The maximum absolute atomic E-state index is 5.07. The van der Waals surface area contributed by atoms with Gasteiger partial charge >= 0.3 is 0 Å². The largest absolute Gasteiger partial charge is 0.278 e. The van der Waals surface area contributed by atoms with Crippen LogP contribution in [0.15, 0.2) is 36.8 Å². The van der Waals surface area contributed by atoms with Crippen molar-refractivity contribution in [2.45, 2.75) is 25.7 Å². The molecule has 1 aliphatic carbocycles. The minimum Gasteiger partial charge on any atom is -0.278 e. The molecule has 0 radical (unpaired) electrons. The lowest BCUT2D eigenvalue weighted by Crippen LogP contribution is -2.08. The predicted octanol–water partition coefficient (Wildman–Crippen LogP) is 3.93. The Hall–Kier alpha value is -3.28. The predicted molar refractivity (Wildman–Crippen MR) is 101 cm³/mol. The van der Waals surface area contributed by atoms with E-state index in [1.807, 2.05) is 18.6 Å². The molecule has 4 aromatic heterocycles. The van der Waals surface area contributed by atoms with Gasteiger partial charge in [-0.1, -0.05) is 0 Å². The highest BCUT2D eigenvalue weighted by atomic mass is 15.1. The van der Waals surface area contributed by atoms with Gasteiger partial charge in [0.15, 0.2) is 5.65 Å². The van der Waals surface area contributed by atoms with Crippen molar-refractivity contribution in [1.82, 2.24) is 30.4 Å². The first-order chi connectivity index (χ1) is 12.9. The second-order valence-electron chi connectivity index (χ2n) is 6.95. The molecule has 5 aromatic rings. The first-order valence-electron chi connectivity index (χ1n) is 8.95. The minimum atomic E-state index is 0.809. The second kappa shape index (κ2) is 5.11. The average Bonchev–Trinajstić information content (AvgIpc) is 3.35. The Morgan fingerprint density at radius 1 is 0.885 bits per heavy atom. The molecule has 0 unspecified atom stereocenters. The molecule has 2 N–H and O–H groups in total. The fraction of sp³-hybridized carbons (Fsp3) is 0.200. The Kier molecular flexibility index (Phi) is 2.74. The smallest absolute Gasteiger partial charge is 0.155 e. The zero-order valence-corrected chi connectivity index (χ0v) is 14.1. The molecule has 0 fully saturated rings. The van der Waals surface area contributed by atoms with E-state index in [1.165, 1.54) is 34.7 Å². The van der Waals surface area contributed by atoms with Gasteiger partial charge in [0, 0.05) is 27.9 Å². The van der Waals surface area contributed by atoms with Crippen LogP contribution in [0.4, 0.5) is 0 Å². The van der Waals surface area contributed by atoms with E-state index < -0.39 is 0 Å². The molecule has 0 saturated heterocycles. The standard InChI is InChI=1S/C20H16N6/c1-2-4-14-13(3-1)18-15-10-23-25-16(15)5-6-17(18)24-19(14)11-7-12-9-22-26-20(12)21-8-11/h5-10H,1-4H2,(H,23,25)(H,21,22,26). The molecule has 26 heavy (non-hydrogen) atoms. The van der Waals surface area contributed by atoms with E-state index in [1.54, 1.807) is 0 Å². The number of fused-ring (bicyclic) bond motifs is 6. The summed E-state index contributed by atoms with van der Waals surface area (Å²) >= 11 is 0. The Balaban J connectivity index is 1.71. The number of nitrogens with one attached hydrogen (secondary N) is 2. The van der Waals surface area contributed by atoms with Crippen LogP contribution in [-0.4, -0.2) is 30.4 Å². The topological polar surface area (TPSA) is 83.1 Å². The van der Waals surface area contributed by atoms with Crippen molar-refractivity contribution in [3.8, 4) is 11.3 Å². The van der Waals surface area contributed by atoms with Gasteiger partial charge in [-0.15, -0.1) is 0 Å². The molecule has 0 saturated carbocycles. The number of hydrogen-bond donors (Lipinski definition) is 2. The normalized spacial score (nSPS) is 14.3. The quantitative estimate of drug-likeness (QED) is 0.484. The van der Waals surface area contributed by atoms with Crippen LogP contribution in [-0.2, 0) is 12.8 Å². The van der Waals surface area contributed by atoms with E-state index in [4.69, 9.17) is 4.98 Å². The second-order valence-corrected chi connectivity index (χ2v) is 6.95. The molecule has 126 valence electrons. The summed E-state index contributed by atoms with van der Waals surface area (Å²) in [6.07, 6.45) is 10.2. The van der Waals surface area contributed by atoms with E-state index in [0.717, 1.165) is 46.2 Å². The number of nitrogens with zero attached hydrogens (tertiary/aromatic N) is 4. The molecule has 4 heterocycles. The lowest BCUT2D eigenvalue weighted by atomic mass is 9.85. The summed E-state index contributed by atoms with van der Waals surface area (Å²) in [6, 6.07) is 6.29. The highest BCUT2D eigenvalue weighted by Gasteiger charge is 2.21. The molecule has 0 amide bonds. The van der Waals surface area contributed by atoms with E-state index in [9.17, 15) is 0 Å². The fourth-order valence-corrected chi connectivity index (χ4v) is 4.25. The van der Waals surface area contributed by atoms with Gasteiger partial charge in [-0.2, -0.15) is 10.2 Å². The van der Waals surface area contributed by atoms with Crippen molar-refractivity contribution in [1.29, 1.82) is 0 Å². The van der Waals surface area contributed by atoms with Gasteiger partial charge in [-0.3, -0.25) is 10.2 Å². The maximum Gasteiger partial charge on any atom is 0.155 e. The third kappa shape index (κ3) is 1.87. The van der Waals surface area contributed by atoms with Crippen molar-refractivity contribution in [2.75, 3.05) is 0 Å². The molecule has 0 atom stereocenters. The van der Waals surface area contributed by atoms with E-state index in [2.05, 4.69) is 43.6 Å². The monoisotopic (exact) mass is 340 g/mol. The van der Waals surface area contributed by atoms with Gasteiger partial charge in [0.25, 0.3) is 0 Å². The molecule has 0 spiro atoms. The number of benzene rings is 1. The van der Waals surface area contributed by atoms with E-state index >= 15 is 0 Å². The number of aryl methyl sites for hydroxylation is 1. The molecule has 6 heteroatoms. The van der Waals surface area contributed by atoms with Crippen LogP contribution >= 0.6 is 0 Å². The Morgan fingerprint density at radius 3 is 2.73 bits per heavy atom. The van der Waals surface area contributed by atoms with Crippen LogP contribution in [0.2, 0.25) is 0 Å². The number of rotatable bonds is 1. The van der Waals surface area contributed by atoms with Gasteiger partial charge in [0.1, 0.15) is 0 Å². The first kappa shape index (κ1) is 13.9. The Morgan fingerprint density at radius 2 is 1.77 bits per heavy atom. The molecular formula is C20H16N6. The molecule has 1 aromatic carbocycles. The van der Waals surface area contributed by atoms with Gasteiger partial charge in [-0.05, 0) is 55.0 Å². The molecule has 1 aliphatic rings. The summed E-state index contributed by atoms with van der Waals surface area (Å²) in [7, 11) is 0. The summed E-state index contributed by atoms with van der Waals surface area (Å²) < 4.78 is 0. The Bertz CT molecular complexity index is 1300. The van der Waals surface area contributed by atoms with Crippen molar-refractivity contribution in [3.63, 3.8) is 0 Å². The van der Waals surface area contributed by atoms with Gasteiger partial charge < -0.3 is 0 Å². The summed E-state index contributed by atoms with van der Waals surface area (Å²) in [6.45, 7) is 0. The van der Waals surface area contributed by atoms with Crippen molar-refractivity contribution in [2.24, 2.45) is 0 Å². The number of hydrogen-bond acceptors (Lipinski definition) is 4. The molecule has 0 aliphatic heterocycles. The van der Waals surface area contributed by atoms with Crippen molar-refractivity contribution >= 4 is 32.8 Å². The van der Waals surface area contributed by atoms with Crippen molar-refractivity contribution in [3.05, 3.63) is 47.9 Å². The summed E-state index contributed by atoms with van der Waals surface area (Å²) in [5.41, 5.74) is 7.82. The van der Waals surface area contributed by atoms with Crippen LogP contribution in [0.25, 0.3) is 44.1 Å².